The molecule has 158 valence electrons. The second kappa shape index (κ2) is 16.8. The second-order valence-corrected chi connectivity index (χ2v) is 8.18. The van der Waals surface area contributed by atoms with Crippen LogP contribution in [-0.2, 0) is 14.3 Å². The summed E-state index contributed by atoms with van der Waals surface area (Å²) in [6, 6.07) is 0. The molecule has 0 aromatic carbocycles. The molecular weight excluding hydrogens is 340 g/mol. The normalized spacial score (nSPS) is 11.8. The van der Waals surface area contributed by atoms with Crippen molar-refractivity contribution in [2.75, 3.05) is 6.61 Å². The van der Waals surface area contributed by atoms with Crippen molar-refractivity contribution in [1.29, 1.82) is 0 Å². The number of unbranched alkanes of at least 4 members (excludes halogenated alkanes) is 11. The van der Waals surface area contributed by atoms with Gasteiger partial charge in [0.05, 0.1) is 5.41 Å². The minimum absolute atomic E-state index is 0.0633. The SMILES string of the molecule is CCCCCCCCC=CCCCCCCCC(=O)OCC(C)(C)C(=O)O. The van der Waals surface area contributed by atoms with Crippen LogP contribution in [0.25, 0.3) is 0 Å². The molecule has 27 heavy (non-hydrogen) atoms. The maximum absolute atomic E-state index is 11.6. The van der Waals surface area contributed by atoms with Gasteiger partial charge in [-0.3, -0.25) is 9.59 Å². The van der Waals surface area contributed by atoms with Crippen LogP contribution >= 0.6 is 0 Å². The number of carbonyl (C=O) groups excluding carboxylic acids is 1. The number of carboxylic acid groups (broad SMARTS) is 1. The van der Waals surface area contributed by atoms with Gasteiger partial charge in [-0.2, -0.15) is 0 Å². The molecule has 0 radical (unpaired) electrons. The van der Waals surface area contributed by atoms with Crippen molar-refractivity contribution in [3.63, 3.8) is 0 Å². The van der Waals surface area contributed by atoms with Crippen LogP contribution in [0.15, 0.2) is 12.2 Å². The molecule has 0 saturated carbocycles. The number of hydrogen-bond acceptors (Lipinski definition) is 3. The van der Waals surface area contributed by atoms with Gasteiger partial charge in [0.1, 0.15) is 6.61 Å². The lowest BCUT2D eigenvalue weighted by molar-refractivity contribution is -0.156. The van der Waals surface area contributed by atoms with E-state index in [0.29, 0.717) is 6.42 Å². The van der Waals surface area contributed by atoms with Gasteiger partial charge < -0.3 is 9.84 Å². The highest BCUT2D eigenvalue weighted by molar-refractivity contribution is 5.75. The summed E-state index contributed by atoms with van der Waals surface area (Å²) in [7, 11) is 0. The van der Waals surface area contributed by atoms with Crippen molar-refractivity contribution >= 4 is 11.9 Å². The first-order chi connectivity index (χ1) is 12.9. The number of allylic oxidation sites excluding steroid dienone is 2. The third kappa shape index (κ3) is 16.6. The van der Waals surface area contributed by atoms with E-state index in [1.165, 1.54) is 57.8 Å². The molecule has 0 aliphatic carbocycles. The highest BCUT2D eigenvalue weighted by Crippen LogP contribution is 2.16. The van der Waals surface area contributed by atoms with Crippen LogP contribution in [-0.4, -0.2) is 23.7 Å². The first-order valence-corrected chi connectivity index (χ1v) is 10.9. The Bertz CT molecular complexity index is 413. The summed E-state index contributed by atoms with van der Waals surface area (Å²) < 4.78 is 5.06. The fourth-order valence-corrected chi connectivity index (χ4v) is 2.73. The molecule has 0 rings (SSSR count). The van der Waals surface area contributed by atoms with Crippen molar-refractivity contribution in [2.45, 2.75) is 111 Å². The number of carboxylic acids is 1. The van der Waals surface area contributed by atoms with Gasteiger partial charge in [-0.15, -0.1) is 0 Å². The van der Waals surface area contributed by atoms with E-state index < -0.39 is 11.4 Å². The van der Waals surface area contributed by atoms with Crippen LogP contribution in [0.4, 0.5) is 0 Å². The fourth-order valence-electron chi connectivity index (χ4n) is 2.73. The lowest BCUT2D eigenvalue weighted by Crippen LogP contribution is -2.30. The molecule has 1 N–H and O–H groups in total. The predicted octanol–water partition coefficient (Wildman–Crippen LogP) is 6.68. The Kier molecular flexibility index (Phi) is 16.0. The molecule has 0 fully saturated rings. The number of aliphatic carboxylic acids is 1. The average molecular weight is 383 g/mol. The molecule has 0 amide bonds. The number of carbonyl (C=O) groups is 2. The first-order valence-electron chi connectivity index (χ1n) is 10.9. The van der Waals surface area contributed by atoms with Gasteiger partial charge in [0.25, 0.3) is 0 Å². The van der Waals surface area contributed by atoms with Crippen molar-refractivity contribution in [2.24, 2.45) is 5.41 Å². The molecule has 4 nitrogen and oxygen atoms in total. The minimum atomic E-state index is -1.02. The van der Waals surface area contributed by atoms with E-state index in [-0.39, 0.29) is 12.6 Å². The zero-order valence-corrected chi connectivity index (χ0v) is 17.9. The number of ether oxygens (including phenoxy) is 1. The van der Waals surface area contributed by atoms with Crippen LogP contribution < -0.4 is 0 Å². The summed E-state index contributed by atoms with van der Waals surface area (Å²) in [5, 5.41) is 8.97. The lowest BCUT2D eigenvalue weighted by Gasteiger charge is -2.18. The van der Waals surface area contributed by atoms with E-state index in [2.05, 4.69) is 19.1 Å². The monoisotopic (exact) mass is 382 g/mol. The van der Waals surface area contributed by atoms with Crippen LogP contribution in [0.5, 0.6) is 0 Å². The van der Waals surface area contributed by atoms with Crippen LogP contribution in [0, 0.1) is 5.41 Å². The molecule has 0 bridgehead atoms. The number of hydrogen-bond donors (Lipinski definition) is 1. The Balaban J connectivity index is 3.38. The molecule has 4 heteroatoms. The maximum Gasteiger partial charge on any atom is 0.312 e. The Morgan fingerprint density at radius 3 is 1.81 bits per heavy atom. The maximum atomic E-state index is 11.6. The van der Waals surface area contributed by atoms with E-state index >= 15 is 0 Å². The topological polar surface area (TPSA) is 63.6 Å². The molecule has 0 aromatic heterocycles. The molecule has 0 atom stereocenters. The minimum Gasteiger partial charge on any atom is -0.481 e. The third-order valence-electron chi connectivity index (χ3n) is 4.82. The highest BCUT2D eigenvalue weighted by Gasteiger charge is 2.28. The van der Waals surface area contributed by atoms with Gasteiger partial charge in [-0.1, -0.05) is 70.4 Å². The summed E-state index contributed by atoms with van der Waals surface area (Å²) in [6.07, 6.45) is 20.9. The van der Waals surface area contributed by atoms with Crippen LogP contribution in [0.1, 0.15) is 111 Å². The Morgan fingerprint density at radius 2 is 1.30 bits per heavy atom. The zero-order valence-electron chi connectivity index (χ0n) is 17.9. The second-order valence-electron chi connectivity index (χ2n) is 8.18. The summed E-state index contributed by atoms with van der Waals surface area (Å²) in [6.45, 7) is 5.31. The largest absolute Gasteiger partial charge is 0.481 e. The van der Waals surface area contributed by atoms with Gasteiger partial charge in [-0.05, 0) is 46.0 Å². The summed E-state index contributed by atoms with van der Waals surface area (Å²) in [5.41, 5.74) is -1.02. The van der Waals surface area contributed by atoms with E-state index in [9.17, 15) is 9.59 Å². The lowest BCUT2D eigenvalue weighted by atomic mass is 9.95. The zero-order chi connectivity index (χ0) is 20.4. The molecule has 0 heterocycles. The van der Waals surface area contributed by atoms with Crippen LogP contribution in [0.2, 0.25) is 0 Å². The van der Waals surface area contributed by atoms with Gasteiger partial charge in [0.2, 0.25) is 0 Å². The van der Waals surface area contributed by atoms with Crippen molar-refractivity contribution in [3.8, 4) is 0 Å². The molecule has 0 aromatic rings. The van der Waals surface area contributed by atoms with Gasteiger partial charge in [0, 0.05) is 6.42 Å². The molecule has 0 aliphatic heterocycles. The number of esters is 1. The third-order valence-corrected chi connectivity index (χ3v) is 4.82. The quantitative estimate of drug-likeness (QED) is 0.163. The molecule has 0 saturated heterocycles. The average Bonchev–Trinajstić information content (AvgIpc) is 2.63. The van der Waals surface area contributed by atoms with Gasteiger partial charge >= 0.3 is 11.9 Å². The van der Waals surface area contributed by atoms with Crippen LogP contribution in [0.3, 0.4) is 0 Å². The van der Waals surface area contributed by atoms with Crippen molar-refractivity contribution in [3.05, 3.63) is 12.2 Å². The van der Waals surface area contributed by atoms with E-state index in [4.69, 9.17) is 9.84 Å². The fraction of sp³-hybridized carbons (Fsp3) is 0.826. The van der Waals surface area contributed by atoms with Gasteiger partial charge in [0.15, 0.2) is 0 Å². The van der Waals surface area contributed by atoms with E-state index in [1.807, 2.05) is 0 Å². The standard InChI is InChI=1S/C23H42O4/c1-4-5-6-7-8-9-10-11-12-13-14-15-16-17-18-19-21(24)27-20-23(2,3)22(25)26/h11-12H,4-10,13-20H2,1-3H3,(H,25,26). The first kappa shape index (κ1) is 25.7. The van der Waals surface area contributed by atoms with Crippen molar-refractivity contribution in [1.82, 2.24) is 0 Å². The summed E-state index contributed by atoms with van der Waals surface area (Å²) >= 11 is 0. The van der Waals surface area contributed by atoms with E-state index in [0.717, 1.165) is 25.7 Å². The highest BCUT2D eigenvalue weighted by atomic mass is 16.5. The van der Waals surface area contributed by atoms with Crippen molar-refractivity contribution < 1.29 is 19.4 Å². The molecule has 0 unspecified atom stereocenters. The van der Waals surface area contributed by atoms with Gasteiger partial charge in [-0.25, -0.2) is 0 Å². The number of rotatable bonds is 18. The Morgan fingerprint density at radius 1 is 0.815 bits per heavy atom. The Hall–Kier alpha value is -1.32. The Labute approximate surface area is 166 Å². The molecule has 0 spiro atoms. The molecule has 0 aliphatic rings. The smallest absolute Gasteiger partial charge is 0.312 e. The van der Waals surface area contributed by atoms with E-state index in [1.54, 1.807) is 13.8 Å². The molecular formula is C23H42O4. The predicted molar refractivity (Wildman–Crippen MR) is 112 cm³/mol. The summed E-state index contributed by atoms with van der Waals surface area (Å²) in [5.74, 6) is -1.24. The summed E-state index contributed by atoms with van der Waals surface area (Å²) in [4.78, 5) is 22.6.